The lowest BCUT2D eigenvalue weighted by atomic mass is 10.0. The Morgan fingerprint density at radius 1 is 1.32 bits per heavy atom. The van der Waals surface area contributed by atoms with E-state index in [1.54, 1.807) is 49.5 Å². The fourth-order valence-corrected chi connectivity index (χ4v) is 3.01. The number of aromatic nitrogens is 3. The molecule has 2 aromatic heterocycles. The number of aromatic amines is 1. The summed E-state index contributed by atoms with van der Waals surface area (Å²) < 4.78 is 13.8. The zero-order chi connectivity index (χ0) is 22.2. The molecule has 0 saturated carbocycles. The number of unbranched alkanes of at least 4 members (excludes halogenated alkanes) is 1. The molecule has 31 heavy (non-hydrogen) atoms. The third kappa shape index (κ3) is 5.48. The van der Waals surface area contributed by atoms with Crippen LogP contribution in [0.25, 0.3) is 28.6 Å². The van der Waals surface area contributed by atoms with Crippen molar-refractivity contribution in [2.75, 3.05) is 5.32 Å². The summed E-state index contributed by atoms with van der Waals surface area (Å²) >= 11 is 0. The van der Waals surface area contributed by atoms with E-state index in [0.29, 0.717) is 41.4 Å². The lowest BCUT2D eigenvalue weighted by Crippen LogP contribution is -2.12. The van der Waals surface area contributed by atoms with Crippen LogP contribution in [0.5, 0.6) is 0 Å². The molecule has 2 heterocycles. The summed E-state index contributed by atoms with van der Waals surface area (Å²) in [7, 11) is 0. The minimum atomic E-state index is -0.296. The molecular formula is C23H21FN6O. The molecule has 3 aromatic rings. The highest BCUT2D eigenvalue weighted by atomic mass is 19.1. The van der Waals surface area contributed by atoms with E-state index in [1.165, 1.54) is 6.07 Å². The van der Waals surface area contributed by atoms with Gasteiger partial charge in [-0.2, -0.15) is 5.26 Å². The average Bonchev–Trinajstić information content (AvgIpc) is 3.19. The molecule has 0 spiro atoms. The molecule has 7 nitrogen and oxygen atoms in total. The van der Waals surface area contributed by atoms with Gasteiger partial charge in [-0.3, -0.25) is 4.79 Å². The maximum absolute atomic E-state index is 13.8. The summed E-state index contributed by atoms with van der Waals surface area (Å²) in [6.07, 6.45) is 6.98. The third-order valence-electron chi connectivity index (χ3n) is 4.51. The molecule has 0 aliphatic heterocycles. The lowest BCUT2D eigenvalue weighted by molar-refractivity contribution is -0.116. The van der Waals surface area contributed by atoms with E-state index < -0.39 is 0 Å². The van der Waals surface area contributed by atoms with Crippen LogP contribution in [0.3, 0.4) is 0 Å². The number of allylic oxidation sites excluding steroid dienone is 1. The second kappa shape index (κ2) is 10.1. The van der Waals surface area contributed by atoms with Crippen LogP contribution in [0.4, 0.5) is 10.2 Å². The van der Waals surface area contributed by atoms with Crippen molar-refractivity contribution in [1.82, 2.24) is 15.0 Å². The van der Waals surface area contributed by atoms with E-state index >= 15 is 0 Å². The first-order valence-electron chi connectivity index (χ1n) is 9.68. The highest BCUT2D eigenvalue weighted by molar-refractivity contribution is 5.91. The van der Waals surface area contributed by atoms with Gasteiger partial charge in [0.15, 0.2) is 0 Å². The molecule has 156 valence electrons. The molecule has 3 N–H and O–H groups in total. The number of nitriles is 1. The van der Waals surface area contributed by atoms with E-state index in [9.17, 15) is 9.18 Å². The molecule has 0 bridgehead atoms. The highest BCUT2D eigenvalue weighted by Crippen LogP contribution is 2.32. The van der Waals surface area contributed by atoms with Crippen LogP contribution in [0, 0.1) is 29.5 Å². The smallest absolute Gasteiger partial charge is 0.225 e. The molecule has 1 aromatic carbocycles. The van der Waals surface area contributed by atoms with Gasteiger partial charge in [0.25, 0.3) is 0 Å². The van der Waals surface area contributed by atoms with Crippen LogP contribution in [-0.2, 0) is 4.79 Å². The Morgan fingerprint density at radius 3 is 2.90 bits per heavy atom. The van der Waals surface area contributed by atoms with Crippen molar-refractivity contribution in [3.05, 3.63) is 59.8 Å². The van der Waals surface area contributed by atoms with Crippen molar-refractivity contribution >= 4 is 24.0 Å². The number of pyridine rings is 1. The predicted molar refractivity (Wildman–Crippen MR) is 118 cm³/mol. The summed E-state index contributed by atoms with van der Waals surface area (Å²) in [5.41, 5.74) is 3.27. The summed E-state index contributed by atoms with van der Waals surface area (Å²) in [6, 6.07) is 10.3. The second-order valence-corrected chi connectivity index (χ2v) is 6.82. The number of rotatable bonds is 8. The second-order valence-electron chi connectivity index (χ2n) is 6.82. The molecule has 0 radical (unpaired) electrons. The third-order valence-corrected chi connectivity index (χ3v) is 4.51. The van der Waals surface area contributed by atoms with E-state index in [0.717, 1.165) is 17.3 Å². The first-order valence-corrected chi connectivity index (χ1v) is 9.68. The number of amides is 1. The molecule has 0 aliphatic carbocycles. The van der Waals surface area contributed by atoms with Gasteiger partial charge in [-0.25, -0.2) is 14.4 Å². The fraction of sp³-hybridized carbons (Fsp3) is 0.174. The number of hydrogen-bond acceptors (Lipinski definition) is 5. The Balaban J connectivity index is 1.97. The van der Waals surface area contributed by atoms with Crippen LogP contribution in [0.15, 0.2) is 42.6 Å². The number of carbonyl (C=O) groups is 1. The topological polar surface area (TPSA) is 118 Å². The van der Waals surface area contributed by atoms with Crippen LogP contribution < -0.4 is 5.32 Å². The normalized spacial score (nSPS) is 10.7. The van der Waals surface area contributed by atoms with Crippen molar-refractivity contribution < 1.29 is 9.18 Å². The Hall–Kier alpha value is -4.12. The Bertz CT molecular complexity index is 1180. The number of nitrogens with zero attached hydrogens (tertiary/aromatic N) is 3. The quantitative estimate of drug-likeness (QED) is 0.358. The van der Waals surface area contributed by atoms with Crippen LogP contribution >= 0.6 is 0 Å². The average molecular weight is 416 g/mol. The molecule has 0 aliphatic rings. The van der Waals surface area contributed by atoms with E-state index in [2.05, 4.69) is 20.3 Å². The monoisotopic (exact) mass is 416 g/mol. The predicted octanol–water partition coefficient (Wildman–Crippen LogP) is 4.88. The van der Waals surface area contributed by atoms with Gasteiger partial charge in [0.2, 0.25) is 5.91 Å². The van der Waals surface area contributed by atoms with Crippen molar-refractivity contribution in [1.29, 1.82) is 10.7 Å². The molecule has 0 unspecified atom stereocenters. The standard InChI is InChI=1S/C23H21FN6O/c1-15-13-16(7-8-18(15)24)22-23(30-19(29-22)5-4-11-26)17-9-12-27-20(14-17)28-21(31)6-2-3-10-25/h4-5,7-9,11-14,26H,2-3,6H2,1H3,(H,29,30)(H,27,28,31)/b5-4-,26-11?. The Morgan fingerprint density at radius 2 is 2.16 bits per heavy atom. The molecule has 0 saturated heterocycles. The molecular weight excluding hydrogens is 395 g/mol. The van der Waals surface area contributed by atoms with E-state index in [1.807, 2.05) is 6.07 Å². The van der Waals surface area contributed by atoms with Crippen LogP contribution in [0.2, 0.25) is 0 Å². The van der Waals surface area contributed by atoms with Gasteiger partial charge in [0.05, 0.1) is 17.5 Å². The maximum Gasteiger partial charge on any atom is 0.225 e. The van der Waals surface area contributed by atoms with Gasteiger partial charge in [0.1, 0.15) is 17.5 Å². The zero-order valence-corrected chi connectivity index (χ0v) is 16.9. The summed E-state index contributed by atoms with van der Waals surface area (Å²) in [6.45, 7) is 1.69. The summed E-state index contributed by atoms with van der Waals surface area (Å²) in [5, 5.41) is 18.5. The lowest BCUT2D eigenvalue weighted by Gasteiger charge is -2.08. The maximum atomic E-state index is 13.8. The Kier molecular flexibility index (Phi) is 7.01. The number of benzene rings is 1. The van der Waals surface area contributed by atoms with Gasteiger partial charge < -0.3 is 15.7 Å². The van der Waals surface area contributed by atoms with Gasteiger partial charge in [-0.15, -0.1) is 0 Å². The summed E-state index contributed by atoms with van der Waals surface area (Å²) in [4.78, 5) is 24.1. The summed E-state index contributed by atoms with van der Waals surface area (Å²) in [5.74, 6) is 0.407. The fourth-order valence-electron chi connectivity index (χ4n) is 3.01. The SMILES string of the molecule is Cc1cc(-c2nc(/C=C\C=N)[nH]c2-c2ccnc(NC(=O)CCCC#N)c2)ccc1F. The van der Waals surface area contributed by atoms with E-state index in [-0.39, 0.29) is 18.1 Å². The van der Waals surface area contributed by atoms with E-state index in [4.69, 9.17) is 10.7 Å². The number of carbonyl (C=O) groups excluding carboxylic acids is 1. The molecule has 1 amide bonds. The molecule has 3 rings (SSSR count). The zero-order valence-electron chi connectivity index (χ0n) is 16.9. The first kappa shape index (κ1) is 21.6. The van der Waals surface area contributed by atoms with Gasteiger partial charge >= 0.3 is 0 Å². The number of aryl methyl sites for hydroxylation is 1. The molecule has 8 heteroatoms. The number of hydrogen-bond donors (Lipinski definition) is 3. The van der Waals surface area contributed by atoms with Crippen molar-refractivity contribution in [2.24, 2.45) is 0 Å². The van der Waals surface area contributed by atoms with Gasteiger partial charge in [-0.1, -0.05) is 0 Å². The van der Waals surface area contributed by atoms with Crippen LogP contribution in [-0.4, -0.2) is 27.1 Å². The van der Waals surface area contributed by atoms with Gasteiger partial charge in [0, 0.05) is 36.4 Å². The minimum absolute atomic E-state index is 0.214. The minimum Gasteiger partial charge on any atom is -0.338 e. The Labute approximate surface area is 179 Å². The molecule has 0 fully saturated rings. The van der Waals surface area contributed by atoms with Crippen molar-refractivity contribution in [3.8, 4) is 28.6 Å². The number of nitrogens with one attached hydrogen (secondary N) is 3. The first-order chi connectivity index (χ1) is 15.0. The number of imidazole rings is 1. The highest BCUT2D eigenvalue weighted by Gasteiger charge is 2.15. The van der Waals surface area contributed by atoms with Crippen molar-refractivity contribution in [3.63, 3.8) is 0 Å². The molecule has 0 atom stereocenters. The largest absolute Gasteiger partial charge is 0.338 e. The van der Waals surface area contributed by atoms with Gasteiger partial charge in [-0.05, 0) is 61.4 Å². The number of halogens is 1. The van der Waals surface area contributed by atoms with Crippen LogP contribution in [0.1, 0.15) is 30.7 Å². The number of H-pyrrole nitrogens is 1. The van der Waals surface area contributed by atoms with Crippen molar-refractivity contribution in [2.45, 2.75) is 26.2 Å². The number of anilines is 1.